The highest BCUT2D eigenvalue weighted by molar-refractivity contribution is 6.10. The predicted octanol–water partition coefficient (Wildman–Crippen LogP) is 4.12. The number of carbonyl (C=O) groups excluding carboxylic acids is 3. The SMILES string of the molecule is O=C(NC1CCN2C(=O)c3cc(-c4cccc(C(F)(F)F)c4)ccc3NC(=O)C2C1)c1ccncc1. The van der Waals surface area contributed by atoms with E-state index in [1.807, 2.05) is 0 Å². The Labute approximate surface area is 204 Å². The molecule has 0 bridgehead atoms. The monoisotopic (exact) mass is 494 g/mol. The van der Waals surface area contributed by atoms with Crippen LogP contribution in [0.3, 0.4) is 0 Å². The summed E-state index contributed by atoms with van der Waals surface area (Å²) >= 11 is 0. The van der Waals surface area contributed by atoms with Crippen molar-refractivity contribution in [2.45, 2.75) is 31.1 Å². The number of rotatable bonds is 3. The Balaban J connectivity index is 1.38. The zero-order chi connectivity index (χ0) is 25.4. The molecular formula is C26H21F3N4O3. The number of piperidine rings is 1. The molecule has 3 amide bonds. The van der Waals surface area contributed by atoms with E-state index >= 15 is 0 Å². The molecule has 5 rings (SSSR count). The highest BCUT2D eigenvalue weighted by Gasteiger charge is 2.40. The highest BCUT2D eigenvalue weighted by Crippen LogP contribution is 2.35. The van der Waals surface area contributed by atoms with Gasteiger partial charge in [-0.15, -0.1) is 0 Å². The molecule has 2 unspecified atom stereocenters. The number of nitrogens with one attached hydrogen (secondary N) is 2. The minimum atomic E-state index is -4.49. The number of halogens is 3. The summed E-state index contributed by atoms with van der Waals surface area (Å²) in [5, 5.41) is 5.69. The minimum absolute atomic E-state index is 0.208. The second kappa shape index (κ2) is 9.10. The van der Waals surface area contributed by atoms with Gasteiger partial charge in [-0.2, -0.15) is 13.2 Å². The third kappa shape index (κ3) is 4.53. The first kappa shape index (κ1) is 23.5. The van der Waals surface area contributed by atoms with Crippen LogP contribution in [0.1, 0.15) is 39.1 Å². The summed E-state index contributed by atoms with van der Waals surface area (Å²) < 4.78 is 39.5. The first-order chi connectivity index (χ1) is 17.2. The van der Waals surface area contributed by atoms with E-state index in [9.17, 15) is 27.6 Å². The van der Waals surface area contributed by atoms with Crippen molar-refractivity contribution in [3.63, 3.8) is 0 Å². The van der Waals surface area contributed by atoms with Gasteiger partial charge in [0.25, 0.3) is 11.8 Å². The number of nitrogens with zero attached hydrogens (tertiary/aromatic N) is 2. The molecule has 1 fully saturated rings. The molecular weight excluding hydrogens is 473 g/mol. The molecule has 0 radical (unpaired) electrons. The van der Waals surface area contributed by atoms with E-state index in [1.54, 1.807) is 18.2 Å². The second-order valence-electron chi connectivity index (χ2n) is 8.77. The fourth-order valence-corrected chi connectivity index (χ4v) is 4.62. The van der Waals surface area contributed by atoms with Gasteiger partial charge in [-0.05, 0) is 60.4 Å². The number of hydrogen-bond acceptors (Lipinski definition) is 4. The first-order valence-electron chi connectivity index (χ1n) is 11.3. The molecule has 184 valence electrons. The van der Waals surface area contributed by atoms with Crippen molar-refractivity contribution in [1.29, 1.82) is 0 Å². The summed E-state index contributed by atoms with van der Waals surface area (Å²) in [6.07, 6.45) is -0.771. The average molecular weight is 494 g/mol. The lowest BCUT2D eigenvalue weighted by Crippen LogP contribution is -2.55. The standard InChI is InChI=1S/C26H21F3N4O3/c27-26(28,29)18-3-1-2-16(12-18)17-4-5-21-20(13-17)25(36)33-11-8-19(14-22(33)24(35)32-21)31-23(34)15-6-9-30-10-7-15/h1-7,9-10,12-13,19,22H,8,11,14H2,(H,31,34)(H,32,35). The lowest BCUT2D eigenvalue weighted by atomic mass is 9.95. The largest absolute Gasteiger partial charge is 0.416 e. The summed E-state index contributed by atoms with van der Waals surface area (Å²) in [5.74, 6) is -1.05. The number of alkyl halides is 3. The average Bonchev–Trinajstić information content (AvgIpc) is 2.98. The number of aromatic nitrogens is 1. The van der Waals surface area contributed by atoms with Crippen LogP contribution in [0.5, 0.6) is 0 Å². The topological polar surface area (TPSA) is 91.4 Å². The Kier molecular flexibility index (Phi) is 5.95. The van der Waals surface area contributed by atoms with Crippen LogP contribution in [0.15, 0.2) is 67.0 Å². The Bertz CT molecular complexity index is 1340. The lowest BCUT2D eigenvalue weighted by Gasteiger charge is -2.37. The predicted molar refractivity (Wildman–Crippen MR) is 125 cm³/mol. The van der Waals surface area contributed by atoms with Gasteiger partial charge in [0.2, 0.25) is 5.91 Å². The zero-order valence-electron chi connectivity index (χ0n) is 18.9. The Morgan fingerprint density at radius 3 is 2.53 bits per heavy atom. The summed E-state index contributed by atoms with van der Waals surface area (Å²) in [6.45, 7) is 0.242. The third-order valence-corrected chi connectivity index (χ3v) is 6.47. The molecule has 0 spiro atoms. The molecule has 3 aromatic rings. The van der Waals surface area contributed by atoms with Crippen molar-refractivity contribution in [1.82, 2.24) is 15.2 Å². The first-order valence-corrected chi connectivity index (χ1v) is 11.3. The molecule has 2 atom stereocenters. The van der Waals surface area contributed by atoms with Crippen LogP contribution in [0.2, 0.25) is 0 Å². The van der Waals surface area contributed by atoms with E-state index in [-0.39, 0.29) is 42.3 Å². The number of amides is 3. The van der Waals surface area contributed by atoms with Gasteiger partial charge in [0.15, 0.2) is 0 Å². The van der Waals surface area contributed by atoms with E-state index in [0.29, 0.717) is 28.8 Å². The number of carbonyl (C=O) groups is 3. The Hall–Kier alpha value is -4.21. The van der Waals surface area contributed by atoms with Gasteiger partial charge in [-0.1, -0.05) is 18.2 Å². The fraction of sp³-hybridized carbons (Fsp3) is 0.231. The summed E-state index contributed by atoms with van der Waals surface area (Å²) in [6, 6.07) is 11.5. The fourth-order valence-electron chi connectivity index (χ4n) is 4.62. The van der Waals surface area contributed by atoms with Gasteiger partial charge in [-0.3, -0.25) is 19.4 Å². The normalized spacial score (nSPS) is 19.6. The molecule has 0 saturated carbocycles. The highest BCUT2D eigenvalue weighted by atomic mass is 19.4. The number of pyridine rings is 1. The van der Waals surface area contributed by atoms with E-state index in [2.05, 4.69) is 15.6 Å². The van der Waals surface area contributed by atoms with Crippen molar-refractivity contribution < 1.29 is 27.6 Å². The molecule has 1 saturated heterocycles. The van der Waals surface area contributed by atoms with Gasteiger partial charge < -0.3 is 15.5 Å². The molecule has 2 N–H and O–H groups in total. The molecule has 36 heavy (non-hydrogen) atoms. The van der Waals surface area contributed by atoms with Crippen LogP contribution in [0, 0.1) is 0 Å². The molecule has 10 heteroatoms. The van der Waals surface area contributed by atoms with Crippen molar-refractivity contribution in [2.24, 2.45) is 0 Å². The van der Waals surface area contributed by atoms with Gasteiger partial charge in [-0.25, -0.2) is 0 Å². The minimum Gasteiger partial charge on any atom is -0.349 e. The molecule has 2 aliphatic heterocycles. The third-order valence-electron chi connectivity index (χ3n) is 6.47. The summed E-state index contributed by atoms with van der Waals surface area (Å²) in [5.41, 5.74) is 0.909. The van der Waals surface area contributed by atoms with E-state index in [0.717, 1.165) is 12.1 Å². The van der Waals surface area contributed by atoms with Gasteiger partial charge in [0.05, 0.1) is 16.8 Å². The van der Waals surface area contributed by atoms with Crippen molar-refractivity contribution >= 4 is 23.4 Å². The smallest absolute Gasteiger partial charge is 0.349 e. The van der Waals surface area contributed by atoms with Gasteiger partial charge >= 0.3 is 6.18 Å². The lowest BCUT2D eigenvalue weighted by molar-refractivity contribution is -0.137. The maximum absolute atomic E-state index is 13.4. The summed E-state index contributed by atoms with van der Waals surface area (Å²) in [4.78, 5) is 44.3. The van der Waals surface area contributed by atoms with Crippen LogP contribution < -0.4 is 10.6 Å². The molecule has 7 nitrogen and oxygen atoms in total. The van der Waals surface area contributed by atoms with Gasteiger partial charge in [0, 0.05) is 30.5 Å². The Morgan fingerprint density at radius 1 is 1.03 bits per heavy atom. The van der Waals surface area contributed by atoms with Crippen molar-refractivity contribution in [3.05, 3.63) is 83.7 Å². The maximum Gasteiger partial charge on any atom is 0.416 e. The van der Waals surface area contributed by atoms with E-state index in [4.69, 9.17) is 0 Å². The molecule has 3 heterocycles. The number of hydrogen-bond donors (Lipinski definition) is 2. The molecule has 1 aromatic heterocycles. The van der Waals surface area contributed by atoms with Crippen LogP contribution in [0.25, 0.3) is 11.1 Å². The maximum atomic E-state index is 13.4. The van der Waals surface area contributed by atoms with Crippen molar-refractivity contribution in [3.8, 4) is 11.1 Å². The molecule has 2 aliphatic rings. The van der Waals surface area contributed by atoms with Crippen LogP contribution in [-0.2, 0) is 11.0 Å². The zero-order valence-corrected chi connectivity index (χ0v) is 18.9. The molecule has 2 aromatic carbocycles. The van der Waals surface area contributed by atoms with E-state index in [1.165, 1.54) is 41.6 Å². The second-order valence-corrected chi connectivity index (χ2v) is 8.77. The van der Waals surface area contributed by atoms with Crippen LogP contribution in [-0.4, -0.2) is 46.2 Å². The quantitative estimate of drug-likeness (QED) is 0.573. The van der Waals surface area contributed by atoms with E-state index < -0.39 is 17.8 Å². The van der Waals surface area contributed by atoms with Crippen LogP contribution >= 0.6 is 0 Å². The van der Waals surface area contributed by atoms with Crippen molar-refractivity contribution in [2.75, 3.05) is 11.9 Å². The number of fused-ring (bicyclic) bond motifs is 2. The van der Waals surface area contributed by atoms with Crippen LogP contribution in [0.4, 0.5) is 18.9 Å². The number of benzene rings is 2. The Morgan fingerprint density at radius 2 is 1.78 bits per heavy atom. The number of anilines is 1. The summed E-state index contributed by atoms with van der Waals surface area (Å²) in [7, 11) is 0. The van der Waals surface area contributed by atoms with Gasteiger partial charge in [0.1, 0.15) is 6.04 Å². The molecule has 0 aliphatic carbocycles.